The third-order valence-corrected chi connectivity index (χ3v) is 2.94. The van der Waals surface area contributed by atoms with Crippen molar-refractivity contribution in [1.82, 2.24) is 5.32 Å². The maximum atomic E-state index is 11.5. The summed E-state index contributed by atoms with van der Waals surface area (Å²) >= 11 is 11.7. The molecule has 0 heterocycles. The molecule has 0 aliphatic heterocycles. The second kappa shape index (κ2) is 7.54. The molecule has 94 valence electrons. The summed E-state index contributed by atoms with van der Waals surface area (Å²) in [6, 6.07) is 5.19. The van der Waals surface area contributed by atoms with Gasteiger partial charge in [-0.3, -0.25) is 4.79 Å². The van der Waals surface area contributed by atoms with Crippen molar-refractivity contribution in [2.24, 2.45) is 0 Å². The molecule has 1 rings (SSSR count). The zero-order valence-electron chi connectivity index (χ0n) is 9.63. The predicted molar refractivity (Wildman–Crippen MR) is 69.7 cm³/mol. The molecule has 0 spiro atoms. The largest absolute Gasteiger partial charge is 0.385 e. The summed E-state index contributed by atoms with van der Waals surface area (Å²) in [4.78, 5) is 11.5. The minimum absolute atomic E-state index is 0.0282. The molecular formula is C12H15Cl2NO2. The molecule has 0 bridgehead atoms. The Morgan fingerprint density at radius 2 is 2.12 bits per heavy atom. The number of carbonyl (C=O) groups excluding carboxylic acids is 1. The number of amides is 1. The molecule has 0 unspecified atom stereocenters. The Kier molecular flexibility index (Phi) is 6.34. The summed E-state index contributed by atoms with van der Waals surface area (Å²) in [6.45, 7) is 1.26. The number of benzene rings is 1. The van der Waals surface area contributed by atoms with Gasteiger partial charge >= 0.3 is 0 Å². The molecule has 0 aliphatic rings. The maximum absolute atomic E-state index is 11.5. The molecule has 0 saturated carbocycles. The molecule has 0 saturated heterocycles. The highest BCUT2D eigenvalue weighted by molar-refractivity contribution is 6.42. The first-order chi connectivity index (χ1) is 8.13. The van der Waals surface area contributed by atoms with Crippen LogP contribution in [-0.4, -0.2) is 26.2 Å². The number of methoxy groups -OCH3 is 1. The smallest absolute Gasteiger partial charge is 0.224 e. The van der Waals surface area contributed by atoms with E-state index in [1.165, 1.54) is 0 Å². The van der Waals surface area contributed by atoms with Gasteiger partial charge in [0.05, 0.1) is 16.5 Å². The number of carbonyl (C=O) groups is 1. The van der Waals surface area contributed by atoms with Gasteiger partial charge in [-0.2, -0.15) is 0 Å². The fraction of sp³-hybridized carbons (Fsp3) is 0.417. The summed E-state index contributed by atoms with van der Waals surface area (Å²) in [7, 11) is 1.64. The molecule has 1 N–H and O–H groups in total. The van der Waals surface area contributed by atoms with E-state index in [2.05, 4.69) is 5.32 Å². The van der Waals surface area contributed by atoms with Gasteiger partial charge in [0.25, 0.3) is 0 Å². The normalized spacial score (nSPS) is 10.3. The van der Waals surface area contributed by atoms with Gasteiger partial charge in [-0.25, -0.2) is 0 Å². The Labute approximate surface area is 111 Å². The third-order valence-electron chi connectivity index (χ3n) is 2.20. The van der Waals surface area contributed by atoms with Crippen LogP contribution in [-0.2, 0) is 16.0 Å². The molecule has 17 heavy (non-hydrogen) atoms. The van der Waals surface area contributed by atoms with Crippen LogP contribution in [0.5, 0.6) is 0 Å². The Morgan fingerprint density at radius 3 is 2.76 bits per heavy atom. The summed E-state index contributed by atoms with van der Waals surface area (Å²) in [5.41, 5.74) is 0.851. The fourth-order valence-electron chi connectivity index (χ4n) is 1.34. The van der Waals surface area contributed by atoms with Crippen molar-refractivity contribution < 1.29 is 9.53 Å². The van der Waals surface area contributed by atoms with E-state index in [1.807, 2.05) is 0 Å². The average Bonchev–Trinajstić information content (AvgIpc) is 2.30. The van der Waals surface area contributed by atoms with Crippen molar-refractivity contribution in [3.63, 3.8) is 0 Å². The van der Waals surface area contributed by atoms with Crippen LogP contribution in [0.4, 0.5) is 0 Å². The first-order valence-electron chi connectivity index (χ1n) is 5.33. The Hall–Kier alpha value is -0.770. The number of rotatable bonds is 6. The van der Waals surface area contributed by atoms with Gasteiger partial charge in [-0.15, -0.1) is 0 Å². The standard InChI is InChI=1S/C12H15Cl2NO2/c1-17-6-2-5-15-12(16)8-9-3-4-10(13)11(14)7-9/h3-4,7H,2,5-6,8H2,1H3,(H,15,16). The highest BCUT2D eigenvalue weighted by Gasteiger charge is 2.05. The molecule has 1 aromatic carbocycles. The highest BCUT2D eigenvalue weighted by atomic mass is 35.5. The fourth-order valence-corrected chi connectivity index (χ4v) is 1.66. The van der Waals surface area contributed by atoms with Crippen molar-refractivity contribution in [2.45, 2.75) is 12.8 Å². The lowest BCUT2D eigenvalue weighted by Gasteiger charge is -2.05. The molecule has 1 amide bonds. The first kappa shape index (κ1) is 14.3. The number of hydrogen-bond donors (Lipinski definition) is 1. The van der Waals surface area contributed by atoms with E-state index in [1.54, 1.807) is 25.3 Å². The molecule has 0 aliphatic carbocycles. The lowest BCUT2D eigenvalue weighted by molar-refractivity contribution is -0.120. The van der Waals surface area contributed by atoms with Gasteiger partial charge in [-0.1, -0.05) is 29.3 Å². The SMILES string of the molecule is COCCCNC(=O)Cc1ccc(Cl)c(Cl)c1. The zero-order valence-corrected chi connectivity index (χ0v) is 11.1. The average molecular weight is 276 g/mol. The second-order valence-corrected chi connectivity index (χ2v) is 4.44. The van der Waals surface area contributed by atoms with E-state index in [0.29, 0.717) is 29.6 Å². The summed E-state index contributed by atoms with van der Waals surface area (Å²) in [6.07, 6.45) is 1.12. The molecule has 3 nitrogen and oxygen atoms in total. The number of nitrogens with one attached hydrogen (secondary N) is 1. The van der Waals surface area contributed by atoms with Crippen LogP contribution < -0.4 is 5.32 Å². The monoisotopic (exact) mass is 275 g/mol. The number of ether oxygens (including phenoxy) is 1. The van der Waals surface area contributed by atoms with Crippen LogP contribution in [0, 0.1) is 0 Å². The van der Waals surface area contributed by atoms with E-state index in [-0.39, 0.29) is 5.91 Å². The lowest BCUT2D eigenvalue weighted by atomic mass is 10.1. The van der Waals surface area contributed by atoms with Crippen molar-refractivity contribution in [3.8, 4) is 0 Å². The predicted octanol–water partition coefficient (Wildman–Crippen LogP) is 2.69. The van der Waals surface area contributed by atoms with E-state index < -0.39 is 0 Å². The van der Waals surface area contributed by atoms with Crippen molar-refractivity contribution in [3.05, 3.63) is 33.8 Å². The van der Waals surface area contributed by atoms with Gasteiger partial charge in [0, 0.05) is 20.3 Å². The highest BCUT2D eigenvalue weighted by Crippen LogP contribution is 2.22. The number of hydrogen-bond acceptors (Lipinski definition) is 2. The van der Waals surface area contributed by atoms with Gasteiger partial charge in [-0.05, 0) is 24.1 Å². The van der Waals surface area contributed by atoms with Gasteiger partial charge in [0.15, 0.2) is 0 Å². The van der Waals surface area contributed by atoms with E-state index in [4.69, 9.17) is 27.9 Å². The van der Waals surface area contributed by atoms with E-state index in [9.17, 15) is 4.79 Å². The van der Waals surface area contributed by atoms with Crippen LogP contribution in [0.3, 0.4) is 0 Å². The van der Waals surface area contributed by atoms with Crippen LogP contribution in [0.25, 0.3) is 0 Å². The van der Waals surface area contributed by atoms with Crippen LogP contribution in [0.2, 0.25) is 10.0 Å². The number of halogens is 2. The van der Waals surface area contributed by atoms with Crippen LogP contribution in [0.1, 0.15) is 12.0 Å². The Bertz CT molecular complexity index is 383. The first-order valence-corrected chi connectivity index (χ1v) is 6.08. The quantitative estimate of drug-likeness (QED) is 0.811. The molecule has 1 aromatic rings. The third kappa shape index (κ3) is 5.39. The maximum Gasteiger partial charge on any atom is 0.224 e. The van der Waals surface area contributed by atoms with E-state index >= 15 is 0 Å². The van der Waals surface area contributed by atoms with Crippen molar-refractivity contribution in [2.75, 3.05) is 20.3 Å². The zero-order chi connectivity index (χ0) is 12.7. The summed E-state index contributed by atoms with van der Waals surface area (Å²) in [5, 5.41) is 3.77. The van der Waals surface area contributed by atoms with Gasteiger partial charge in [0.2, 0.25) is 5.91 Å². The minimum Gasteiger partial charge on any atom is -0.385 e. The second-order valence-electron chi connectivity index (χ2n) is 3.62. The molecule has 0 radical (unpaired) electrons. The van der Waals surface area contributed by atoms with Gasteiger partial charge in [0.1, 0.15) is 0 Å². The topological polar surface area (TPSA) is 38.3 Å². The Balaban J connectivity index is 2.37. The molecule has 0 aromatic heterocycles. The van der Waals surface area contributed by atoms with Crippen molar-refractivity contribution in [1.29, 1.82) is 0 Å². The summed E-state index contributed by atoms with van der Waals surface area (Å²) < 4.78 is 4.89. The molecule has 0 atom stereocenters. The van der Waals surface area contributed by atoms with Crippen LogP contribution in [0.15, 0.2) is 18.2 Å². The molecular weight excluding hydrogens is 261 g/mol. The van der Waals surface area contributed by atoms with E-state index in [0.717, 1.165) is 12.0 Å². The molecule has 0 fully saturated rings. The molecule has 5 heteroatoms. The Morgan fingerprint density at radius 1 is 1.35 bits per heavy atom. The van der Waals surface area contributed by atoms with Gasteiger partial charge < -0.3 is 10.1 Å². The lowest BCUT2D eigenvalue weighted by Crippen LogP contribution is -2.26. The minimum atomic E-state index is -0.0282. The van der Waals surface area contributed by atoms with Crippen LogP contribution >= 0.6 is 23.2 Å². The van der Waals surface area contributed by atoms with Crippen molar-refractivity contribution >= 4 is 29.1 Å². The summed E-state index contributed by atoms with van der Waals surface area (Å²) in [5.74, 6) is -0.0282.